The van der Waals surface area contributed by atoms with E-state index >= 15 is 0 Å². The average molecular weight is 413 g/mol. The van der Waals surface area contributed by atoms with Crippen molar-refractivity contribution in [1.29, 1.82) is 0 Å². The third kappa shape index (κ3) is 4.22. The first-order chi connectivity index (χ1) is 10.0. The van der Waals surface area contributed by atoms with E-state index < -0.39 is 0 Å². The minimum Gasteiger partial charge on any atom is -0.352 e. The van der Waals surface area contributed by atoms with Crippen LogP contribution in [-0.2, 0) is 6.54 Å². The van der Waals surface area contributed by atoms with E-state index in [1.54, 1.807) is 7.05 Å². The van der Waals surface area contributed by atoms with E-state index in [1.807, 2.05) is 42.7 Å². The molecular formula is C16H24IN5. The molecule has 0 radical (unpaired) electrons. The van der Waals surface area contributed by atoms with E-state index in [2.05, 4.69) is 40.5 Å². The number of aryl methyl sites for hydroxylation is 2. The Bertz CT molecular complexity index is 646. The molecule has 1 aromatic carbocycles. The van der Waals surface area contributed by atoms with E-state index in [0.717, 1.165) is 23.0 Å². The maximum Gasteiger partial charge on any atom is 0.193 e. The van der Waals surface area contributed by atoms with Gasteiger partial charge in [-0.05, 0) is 31.5 Å². The maximum atomic E-state index is 4.57. The van der Waals surface area contributed by atoms with Crippen molar-refractivity contribution in [3.05, 3.63) is 47.3 Å². The van der Waals surface area contributed by atoms with Crippen LogP contribution in [0.1, 0.15) is 17.0 Å². The van der Waals surface area contributed by atoms with Gasteiger partial charge >= 0.3 is 0 Å². The summed E-state index contributed by atoms with van der Waals surface area (Å²) in [5.74, 6) is 0.859. The highest BCUT2D eigenvalue weighted by Gasteiger charge is 2.09. The van der Waals surface area contributed by atoms with Crippen LogP contribution in [0.2, 0.25) is 0 Å². The first-order valence-electron chi connectivity index (χ1n) is 7.02. The highest BCUT2D eigenvalue weighted by atomic mass is 127. The predicted molar refractivity (Wildman–Crippen MR) is 102 cm³/mol. The van der Waals surface area contributed by atoms with Crippen molar-refractivity contribution < 1.29 is 0 Å². The molecule has 22 heavy (non-hydrogen) atoms. The number of halogens is 1. The number of nitrogens with one attached hydrogen (secondary N) is 1. The first-order valence-corrected chi connectivity index (χ1v) is 7.02. The zero-order chi connectivity index (χ0) is 15.4. The molecule has 0 aliphatic rings. The third-order valence-electron chi connectivity index (χ3n) is 3.30. The molecule has 0 bridgehead atoms. The second-order valence-corrected chi connectivity index (χ2v) is 5.26. The molecule has 0 unspecified atom stereocenters. The lowest BCUT2D eigenvalue weighted by atomic mass is 10.1. The zero-order valence-corrected chi connectivity index (χ0v) is 16.1. The fourth-order valence-corrected chi connectivity index (χ4v) is 2.35. The molecule has 0 aliphatic carbocycles. The van der Waals surface area contributed by atoms with Crippen molar-refractivity contribution in [2.24, 2.45) is 4.99 Å². The number of hydrogen-bond donors (Lipinski definition) is 1. The fourth-order valence-electron chi connectivity index (χ4n) is 2.35. The van der Waals surface area contributed by atoms with Crippen molar-refractivity contribution in [1.82, 2.24) is 20.0 Å². The van der Waals surface area contributed by atoms with Gasteiger partial charge < -0.3 is 10.2 Å². The molecule has 120 valence electrons. The SMILES string of the molecule is CN=C(NCc1ccccc1-n1nc(C)cc1C)N(C)C.I. The van der Waals surface area contributed by atoms with Gasteiger partial charge in [0.1, 0.15) is 0 Å². The lowest BCUT2D eigenvalue weighted by Gasteiger charge is -2.18. The smallest absolute Gasteiger partial charge is 0.193 e. The molecule has 2 rings (SSSR count). The van der Waals surface area contributed by atoms with Crippen LogP contribution < -0.4 is 5.32 Å². The summed E-state index contributed by atoms with van der Waals surface area (Å²) in [4.78, 5) is 6.20. The summed E-state index contributed by atoms with van der Waals surface area (Å²) in [6, 6.07) is 10.4. The van der Waals surface area contributed by atoms with Gasteiger partial charge in [0.2, 0.25) is 0 Å². The standard InChI is InChI=1S/C16H23N5.HI/c1-12-10-13(2)21(19-12)15-9-7-6-8-14(15)11-18-16(17-3)20(4)5;/h6-10H,11H2,1-5H3,(H,17,18);1H. The number of benzene rings is 1. The largest absolute Gasteiger partial charge is 0.352 e. The van der Waals surface area contributed by atoms with Gasteiger partial charge in [0.05, 0.1) is 11.4 Å². The molecule has 0 fully saturated rings. The van der Waals surface area contributed by atoms with Gasteiger partial charge in [-0.15, -0.1) is 24.0 Å². The van der Waals surface area contributed by atoms with Crippen LogP contribution in [0.25, 0.3) is 5.69 Å². The molecule has 1 heterocycles. The van der Waals surface area contributed by atoms with Crippen LogP contribution in [0.3, 0.4) is 0 Å². The second-order valence-electron chi connectivity index (χ2n) is 5.26. The fraction of sp³-hybridized carbons (Fsp3) is 0.375. The number of guanidine groups is 1. The summed E-state index contributed by atoms with van der Waals surface area (Å²) in [6.07, 6.45) is 0. The van der Waals surface area contributed by atoms with Crippen molar-refractivity contribution in [2.75, 3.05) is 21.1 Å². The van der Waals surface area contributed by atoms with Gasteiger partial charge in [-0.3, -0.25) is 4.99 Å². The van der Waals surface area contributed by atoms with Gasteiger partial charge in [0.15, 0.2) is 5.96 Å². The van der Waals surface area contributed by atoms with E-state index in [0.29, 0.717) is 6.54 Å². The molecule has 2 aromatic rings. The highest BCUT2D eigenvalue weighted by molar-refractivity contribution is 14.0. The van der Waals surface area contributed by atoms with Crippen LogP contribution in [0.5, 0.6) is 0 Å². The minimum absolute atomic E-state index is 0. The Kier molecular flexibility index (Phi) is 6.86. The number of aliphatic imine (C=N–C) groups is 1. The van der Waals surface area contributed by atoms with Crippen molar-refractivity contribution in [3.8, 4) is 5.69 Å². The molecule has 0 spiro atoms. The van der Waals surface area contributed by atoms with E-state index in [-0.39, 0.29) is 24.0 Å². The molecule has 5 nitrogen and oxygen atoms in total. The Morgan fingerprint density at radius 3 is 2.50 bits per heavy atom. The Morgan fingerprint density at radius 1 is 1.27 bits per heavy atom. The van der Waals surface area contributed by atoms with Crippen LogP contribution in [0.15, 0.2) is 35.3 Å². The molecule has 0 saturated heterocycles. The third-order valence-corrected chi connectivity index (χ3v) is 3.30. The lowest BCUT2D eigenvalue weighted by Crippen LogP contribution is -2.36. The summed E-state index contributed by atoms with van der Waals surface area (Å²) in [5.41, 5.74) is 4.45. The molecule has 1 N–H and O–H groups in total. The minimum atomic E-state index is 0. The Labute approximate surface area is 149 Å². The van der Waals surface area contributed by atoms with Gasteiger partial charge in [0, 0.05) is 33.4 Å². The number of hydrogen-bond acceptors (Lipinski definition) is 2. The number of aromatic nitrogens is 2. The van der Waals surface area contributed by atoms with E-state index in [1.165, 1.54) is 5.56 Å². The normalized spacial score (nSPS) is 11.0. The van der Waals surface area contributed by atoms with Crippen molar-refractivity contribution >= 4 is 29.9 Å². The van der Waals surface area contributed by atoms with E-state index in [9.17, 15) is 0 Å². The van der Waals surface area contributed by atoms with E-state index in [4.69, 9.17) is 0 Å². The van der Waals surface area contributed by atoms with Gasteiger partial charge in [-0.2, -0.15) is 5.10 Å². The molecule has 0 atom stereocenters. The molecule has 0 saturated carbocycles. The Hall–Kier alpha value is -1.57. The zero-order valence-electron chi connectivity index (χ0n) is 13.8. The predicted octanol–water partition coefficient (Wildman–Crippen LogP) is 2.74. The van der Waals surface area contributed by atoms with Crippen LogP contribution in [0.4, 0.5) is 0 Å². The highest BCUT2D eigenvalue weighted by Crippen LogP contribution is 2.16. The number of nitrogens with zero attached hydrogens (tertiary/aromatic N) is 4. The van der Waals surface area contributed by atoms with Gasteiger partial charge in [-0.25, -0.2) is 4.68 Å². The monoisotopic (exact) mass is 413 g/mol. The molecule has 1 aromatic heterocycles. The number of para-hydroxylation sites is 1. The summed E-state index contributed by atoms with van der Waals surface area (Å²) in [6.45, 7) is 4.79. The lowest BCUT2D eigenvalue weighted by molar-refractivity contribution is 0.582. The summed E-state index contributed by atoms with van der Waals surface area (Å²) in [7, 11) is 5.74. The molecule has 0 amide bonds. The second kappa shape index (κ2) is 8.17. The quantitative estimate of drug-likeness (QED) is 0.478. The van der Waals surface area contributed by atoms with Gasteiger partial charge in [-0.1, -0.05) is 18.2 Å². The summed E-state index contributed by atoms with van der Waals surface area (Å²) >= 11 is 0. The molecule has 0 aliphatic heterocycles. The summed E-state index contributed by atoms with van der Waals surface area (Å²) < 4.78 is 1.99. The van der Waals surface area contributed by atoms with Crippen LogP contribution >= 0.6 is 24.0 Å². The Balaban J connectivity index is 0.00000242. The number of rotatable bonds is 3. The summed E-state index contributed by atoms with van der Waals surface area (Å²) in [5, 5.41) is 7.93. The molecular weight excluding hydrogens is 389 g/mol. The van der Waals surface area contributed by atoms with Crippen LogP contribution in [0, 0.1) is 13.8 Å². The van der Waals surface area contributed by atoms with Crippen LogP contribution in [-0.4, -0.2) is 41.8 Å². The van der Waals surface area contributed by atoms with Crippen molar-refractivity contribution in [3.63, 3.8) is 0 Å². The maximum absolute atomic E-state index is 4.57. The Morgan fingerprint density at radius 2 is 1.95 bits per heavy atom. The van der Waals surface area contributed by atoms with Gasteiger partial charge in [0.25, 0.3) is 0 Å². The molecule has 6 heteroatoms. The topological polar surface area (TPSA) is 45.5 Å². The first kappa shape index (κ1) is 18.5. The van der Waals surface area contributed by atoms with Crippen molar-refractivity contribution in [2.45, 2.75) is 20.4 Å². The average Bonchev–Trinajstić information content (AvgIpc) is 2.78.